The largest absolute Gasteiger partial charge is 0.469 e. The number of nitriles is 1. The number of non-ortho nitro benzene ring substituents is 1. The van der Waals surface area contributed by atoms with E-state index in [4.69, 9.17) is 5.26 Å². The molecule has 0 radical (unpaired) electrons. The highest BCUT2D eigenvalue weighted by molar-refractivity contribution is 5.73. The fourth-order valence-electron chi connectivity index (χ4n) is 1.84. The van der Waals surface area contributed by atoms with Gasteiger partial charge in [-0.15, -0.1) is 0 Å². The van der Waals surface area contributed by atoms with Gasteiger partial charge in [-0.2, -0.15) is 5.26 Å². The normalized spacial score (nSPS) is 11.3. The zero-order chi connectivity index (χ0) is 15.3. The van der Waals surface area contributed by atoms with Gasteiger partial charge >= 0.3 is 5.97 Å². The molecule has 0 aromatic heterocycles. The number of carbonyl (C=O) groups is 1. The third kappa shape index (κ3) is 3.45. The van der Waals surface area contributed by atoms with Gasteiger partial charge in [-0.3, -0.25) is 14.9 Å². The number of ether oxygens (including phenoxy) is 1. The molecule has 0 aliphatic rings. The number of methoxy groups -OCH3 is 1. The number of rotatable bonds is 5. The highest BCUT2D eigenvalue weighted by atomic mass is 16.6. The van der Waals surface area contributed by atoms with Crippen molar-refractivity contribution >= 4 is 17.3 Å². The van der Waals surface area contributed by atoms with Crippen molar-refractivity contribution in [2.75, 3.05) is 25.6 Å². The zero-order valence-electron chi connectivity index (χ0n) is 11.5. The summed E-state index contributed by atoms with van der Waals surface area (Å²) in [5.41, 5.74) is 0.590. The molecule has 0 aliphatic carbocycles. The molecule has 0 amide bonds. The first-order chi connectivity index (χ1) is 9.40. The van der Waals surface area contributed by atoms with Crippen LogP contribution >= 0.6 is 0 Å². The Kier molecular flexibility index (Phi) is 5.03. The molecule has 20 heavy (non-hydrogen) atoms. The molecule has 0 heterocycles. The van der Waals surface area contributed by atoms with Crippen LogP contribution in [0.5, 0.6) is 0 Å². The summed E-state index contributed by atoms with van der Waals surface area (Å²) in [5, 5.41) is 19.7. The first-order valence-electron chi connectivity index (χ1n) is 5.88. The number of nitrogens with zero attached hydrogens (tertiary/aromatic N) is 3. The average molecular weight is 277 g/mol. The minimum absolute atomic E-state index is 0.139. The number of anilines is 1. The third-order valence-electron chi connectivity index (χ3n) is 2.87. The number of hydrogen-bond donors (Lipinski definition) is 0. The fraction of sp³-hybridized carbons (Fsp3) is 0.385. The molecule has 0 aliphatic heterocycles. The molecule has 0 spiro atoms. The highest BCUT2D eigenvalue weighted by Gasteiger charge is 2.19. The molecule has 0 saturated carbocycles. The second kappa shape index (κ2) is 6.52. The first-order valence-corrected chi connectivity index (χ1v) is 5.88. The number of benzene rings is 1. The summed E-state index contributed by atoms with van der Waals surface area (Å²) in [5.74, 6) is -0.719. The molecule has 0 N–H and O–H groups in total. The molecule has 0 fully saturated rings. The van der Waals surface area contributed by atoms with Gasteiger partial charge in [0, 0.05) is 25.7 Å². The summed E-state index contributed by atoms with van der Waals surface area (Å²) in [6, 6.07) is 5.97. The Morgan fingerprint density at radius 3 is 2.75 bits per heavy atom. The summed E-state index contributed by atoms with van der Waals surface area (Å²) >= 11 is 0. The molecule has 0 bridgehead atoms. The van der Waals surface area contributed by atoms with Crippen LogP contribution in [-0.2, 0) is 9.53 Å². The van der Waals surface area contributed by atoms with E-state index in [0.717, 1.165) is 0 Å². The lowest BCUT2D eigenvalue weighted by Crippen LogP contribution is -2.29. The topological polar surface area (TPSA) is 96.5 Å². The predicted octanol–water partition coefficient (Wildman–Crippen LogP) is 1.71. The molecule has 1 atom stereocenters. The standard InChI is InChI=1S/C13H15N3O4/c1-9(13(17)20-3)8-15(2)12-5-4-11(16(18)19)6-10(12)7-14/h4-6,9H,8H2,1-3H3. The minimum atomic E-state index is -0.554. The van der Waals surface area contributed by atoms with Crippen LogP contribution in [0.15, 0.2) is 18.2 Å². The first kappa shape index (κ1) is 15.4. The van der Waals surface area contributed by atoms with E-state index >= 15 is 0 Å². The molecular formula is C13H15N3O4. The molecule has 1 rings (SSSR count). The molecule has 1 aromatic rings. The van der Waals surface area contributed by atoms with Crippen molar-refractivity contribution in [1.82, 2.24) is 0 Å². The molecule has 7 heteroatoms. The second-order valence-corrected chi connectivity index (χ2v) is 4.38. The van der Waals surface area contributed by atoms with E-state index in [0.29, 0.717) is 12.2 Å². The van der Waals surface area contributed by atoms with Gasteiger partial charge in [0.05, 0.1) is 29.2 Å². The van der Waals surface area contributed by atoms with Crippen molar-refractivity contribution in [3.63, 3.8) is 0 Å². The van der Waals surface area contributed by atoms with Crippen molar-refractivity contribution in [2.24, 2.45) is 5.92 Å². The van der Waals surface area contributed by atoms with Crippen LogP contribution in [0.4, 0.5) is 11.4 Å². The monoisotopic (exact) mass is 277 g/mol. The van der Waals surface area contributed by atoms with E-state index in [1.165, 1.54) is 25.3 Å². The van der Waals surface area contributed by atoms with Crippen molar-refractivity contribution < 1.29 is 14.5 Å². The zero-order valence-corrected chi connectivity index (χ0v) is 11.5. The van der Waals surface area contributed by atoms with Crippen molar-refractivity contribution in [2.45, 2.75) is 6.92 Å². The van der Waals surface area contributed by atoms with Gasteiger partial charge in [0.2, 0.25) is 0 Å². The maximum absolute atomic E-state index is 11.4. The van der Waals surface area contributed by atoms with E-state index in [1.54, 1.807) is 18.9 Å². The second-order valence-electron chi connectivity index (χ2n) is 4.38. The van der Waals surface area contributed by atoms with Crippen LogP contribution in [0.3, 0.4) is 0 Å². The van der Waals surface area contributed by atoms with Crippen LogP contribution in [0.2, 0.25) is 0 Å². The van der Waals surface area contributed by atoms with Gasteiger partial charge in [-0.1, -0.05) is 6.92 Å². The van der Waals surface area contributed by atoms with E-state index in [2.05, 4.69) is 4.74 Å². The fourth-order valence-corrected chi connectivity index (χ4v) is 1.84. The number of esters is 1. The van der Waals surface area contributed by atoms with E-state index in [1.807, 2.05) is 6.07 Å². The summed E-state index contributed by atoms with van der Waals surface area (Å²) < 4.78 is 4.64. The number of nitro benzene ring substituents is 1. The van der Waals surface area contributed by atoms with Gasteiger partial charge in [0.15, 0.2) is 0 Å². The molecule has 1 unspecified atom stereocenters. The van der Waals surface area contributed by atoms with Gasteiger partial charge < -0.3 is 9.64 Å². The lowest BCUT2D eigenvalue weighted by atomic mass is 10.1. The Bertz CT molecular complexity index is 565. The highest BCUT2D eigenvalue weighted by Crippen LogP contribution is 2.24. The summed E-state index contributed by atoms with van der Waals surface area (Å²) in [4.78, 5) is 23.2. The van der Waals surface area contributed by atoms with Gasteiger partial charge in [0.1, 0.15) is 6.07 Å². The maximum atomic E-state index is 11.4. The Morgan fingerprint density at radius 1 is 1.60 bits per heavy atom. The van der Waals surface area contributed by atoms with E-state index < -0.39 is 4.92 Å². The third-order valence-corrected chi connectivity index (χ3v) is 2.87. The van der Waals surface area contributed by atoms with Crippen molar-refractivity contribution in [3.05, 3.63) is 33.9 Å². The number of hydrogen-bond acceptors (Lipinski definition) is 6. The van der Waals surface area contributed by atoms with Crippen LogP contribution in [-0.4, -0.2) is 31.6 Å². The summed E-state index contributed by atoms with van der Waals surface area (Å²) in [7, 11) is 3.02. The van der Waals surface area contributed by atoms with E-state index in [-0.39, 0.29) is 23.1 Å². The Labute approximate surface area is 116 Å². The van der Waals surface area contributed by atoms with E-state index in [9.17, 15) is 14.9 Å². The van der Waals surface area contributed by atoms with Crippen LogP contribution in [0.1, 0.15) is 12.5 Å². The molecular weight excluding hydrogens is 262 g/mol. The van der Waals surface area contributed by atoms with Gasteiger partial charge in [0.25, 0.3) is 5.69 Å². The van der Waals surface area contributed by atoms with Crippen molar-refractivity contribution in [1.29, 1.82) is 5.26 Å². The van der Waals surface area contributed by atoms with Crippen LogP contribution < -0.4 is 4.90 Å². The summed E-state index contributed by atoms with van der Waals surface area (Å²) in [6.07, 6.45) is 0. The van der Waals surface area contributed by atoms with Gasteiger partial charge in [-0.05, 0) is 6.07 Å². The summed E-state index contributed by atoms with van der Waals surface area (Å²) in [6.45, 7) is 2.05. The molecule has 1 aromatic carbocycles. The number of nitro groups is 1. The molecule has 0 saturated heterocycles. The predicted molar refractivity (Wildman–Crippen MR) is 72.3 cm³/mol. The van der Waals surface area contributed by atoms with Gasteiger partial charge in [-0.25, -0.2) is 0 Å². The van der Waals surface area contributed by atoms with Crippen LogP contribution in [0, 0.1) is 27.4 Å². The Morgan fingerprint density at radius 2 is 2.25 bits per heavy atom. The SMILES string of the molecule is COC(=O)C(C)CN(C)c1ccc([N+](=O)[O-])cc1C#N. The molecule has 7 nitrogen and oxygen atoms in total. The Hall–Kier alpha value is -2.62. The minimum Gasteiger partial charge on any atom is -0.469 e. The van der Waals surface area contributed by atoms with Crippen molar-refractivity contribution in [3.8, 4) is 6.07 Å². The molecule has 106 valence electrons. The lowest BCUT2D eigenvalue weighted by Gasteiger charge is -2.23. The van der Waals surface area contributed by atoms with Crippen LogP contribution in [0.25, 0.3) is 0 Å². The number of carbonyl (C=O) groups excluding carboxylic acids is 1. The smallest absolute Gasteiger partial charge is 0.310 e. The Balaban J connectivity index is 2.99. The lowest BCUT2D eigenvalue weighted by molar-refractivity contribution is -0.384. The maximum Gasteiger partial charge on any atom is 0.310 e. The quantitative estimate of drug-likeness (QED) is 0.462. The average Bonchev–Trinajstić information content (AvgIpc) is 2.45.